The zero-order valence-electron chi connectivity index (χ0n) is 21.1. The summed E-state index contributed by atoms with van der Waals surface area (Å²) in [5.41, 5.74) is 6.30. The lowest BCUT2D eigenvalue weighted by Crippen LogP contribution is -2.38. The summed E-state index contributed by atoms with van der Waals surface area (Å²) in [6.07, 6.45) is 3.52. The lowest BCUT2D eigenvalue weighted by Gasteiger charge is -2.33. The fourth-order valence-electron chi connectivity index (χ4n) is 5.26. The number of halogens is 3. The molecule has 0 saturated carbocycles. The number of nitrogens with one attached hydrogen (secondary N) is 1. The van der Waals surface area contributed by atoms with Crippen LogP contribution in [0.1, 0.15) is 18.4 Å². The molecule has 0 spiro atoms. The minimum Gasteiger partial charge on any atom is -0.496 e. The number of rotatable bonds is 5. The number of nitrogens with zero attached hydrogens (tertiary/aromatic N) is 5. The van der Waals surface area contributed by atoms with Crippen molar-refractivity contribution >= 4 is 21.9 Å². The molecule has 0 radical (unpaired) electrons. The van der Waals surface area contributed by atoms with Crippen molar-refractivity contribution < 1.29 is 17.9 Å². The molecule has 0 unspecified atom stereocenters. The topological polar surface area (TPSA) is 71.9 Å². The second-order valence-electron chi connectivity index (χ2n) is 9.88. The van der Waals surface area contributed by atoms with Crippen LogP contribution in [0.25, 0.3) is 44.3 Å². The average molecular weight is 521 g/mol. The molecule has 0 atom stereocenters. The zero-order valence-corrected chi connectivity index (χ0v) is 21.1. The van der Waals surface area contributed by atoms with Crippen molar-refractivity contribution in [2.75, 3.05) is 20.2 Å². The molecule has 1 aliphatic rings. The molecule has 1 aromatic carbocycles. The number of aromatic nitrogens is 5. The molecule has 5 heterocycles. The molecular weight excluding hydrogens is 493 g/mol. The molecular formula is C28H27F3N6O. The van der Waals surface area contributed by atoms with E-state index >= 15 is 0 Å². The van der Waals surface area contributed by atoms with E-state index in [1.165, 1.54) is 0 Å². The Balaban J connectivity index is 1.28. The molecule has 196 valence electrons. The smallest absolute Gasteiger partial charge is 0.391 e. The van der Waals surface area contributed by atoms with Crippen molar-refractivity contribution in [3.05, 3.63) is 60.7 Å². The molecule has 1 N–H and O–H groups in total. The minimum absolute atomic E-state index is 0.137. The number of likely N-dealkylation sites (tertiary alicyclic amines) is 1. The van der Waals surface area contributed by atoms with Gasteiger partial charge in [0.15, 0.2) is 0 Å². The average Bonchev–Trinajstić information content (AvgIpc) is 3.51. The number of fused-ring (bicyclic) bond motifs is 3. The molecule has 1 saturated heterocycles. The summed E-state index contributed by atoms with van der Waals surface area (Å²) in [7, 11) is 3.49. The molecule has 1 aliphatic heterocycles. The number of benzene rings is 1. The van der Waals surface area contributed by atoms with Gasteiger partial charge in [0, 0.05) is 53.4 Å². The van der Waals surface area contributed by atoms with Crippen molar-refractivity contribution in [1.82, 2.24) is 29.6 Å². The summed E-state index contributed by atoms with van der Waals surface area (Å²) in [5.74, 6) is -0.492. The quantitative estimate of drug-likeness (QED) is 0.310. The fourth-order valence-corrected chi connectivity index (χ4v) is 5.26. The first-order valence-corrected chi connectivity index (χ1v) is 12.5. The van der Waals surface area contributed by atoms with Gasteiger partial charge in [0.2, 0.25) is 0 Å². The molecule has 1 fully saturated rings. The van der Waals surface area contributed by atoms with E-state index in [2.05, 4.69) is 31.0 Å². The number of hydrogen-bond donors (Lipinski definition) is 1. The van der Waals surface area contributed by atoms with Gasteiger partial charge in [-0.15, -0.1) is 0 Å². The van der Waals surface area contributed by atoms with Gasteiger partial charge >= 0.3 is 6.18 Å². The number of aryl methyl sites for hydroxylation is 1. The van der Waals surface area contributed by atoms with Gasteiger partial charge in [0.25, 0.3) is 0 Å². The van der Waals surface area contributed by atoms with Crippen molar-refractivity contribution in [1.29, 1.82) is 0 Å². The van der Waals surface area contributed by atoms with E-state index in [1.807, 2.05) is 49.9 Å². The minimum atomic E-state index is -4.11. The van der Waals surface area contributed by atoms with E-state index in [9.17, 15) is 13.2 Å². The third-order valence-electron chi connectivity index (χ3n) is 7.40. The predicted molar refractivity (Wildman–Crippen MR) is 140 cm³/mol. The number of aromatic amines is 1. The second-order valence-corrected chi connectivity index (χ2v) is 9.88. The van der Waals surface area contributed by atoms with Gasteiger partial charge in [-0.1, -0.05) is 12.1 Å². The number of piperidine rings is 1. The fraction of sp³-hybridized carbons (Fsp3) is 0.321. The first kappa shape index (κ1) is 24.4. The van der Waals surface area contributed by atoms with Gasteiger partial charge in [-0.3, -0.25) is 14.6 Å². The first-order valence-electron chi connectivity index (χ1n) is 12.5. The molecule has 6 rings (SSSR count). The van der Waals surface area contributed by atoms with Crippen LogP contribution >= 0.6 is 0 Å². The summed E-state index contributed by atoms with van der Waals surface area (Å²) in [6, 6.07) is 10.1. The standard InChI is InChI=1S/C28H27F3N6O/c1-36-15-20(13-34-36)24-11-22-23-9-19(12-33-27(23)35-25(22)14-32-24)17-3-4-18(26(10-17)38-2)16-37-7-5-21(6-8-37)28(29,30)31/h3-4,9-15,21H,5-8,16H2,1-2H3,(H,33,35). The van der Waals surface area contributed by atoms with Crippen LogP contribution < -0.4 is 4.74 Å². The van der Waals surface area contributed by atoms with Crippen LogP contribution in [-0.4, -0.2) is 56.0 Å². The summed E-state index contributed by atoms with van der Waals surface area (Å²) in [5, 5.41) is 6.26. The van der Waals surface area contributed by atoms with Crippen LogP contribution in [-0.2, 0) is 13.6 Å². The maximum absolute atomic E-state index is 13.0. The number of methoxy groups -OCH3 is 1. The Morgan fingerprint density at radius 1 is 0.974 bits per heavy atom. The number of hydrogen-bond acceptors (Lipinski definition) is 5. The molecule has 7 nitrogen and oxygen atoms in total. The molecule has 0 aliphatic carbocycles. The maximum atomic E-state index is 13.0. The largest absolute Gasteiger partial charge is 0.496 e. The number of ether oxygens (including phenoxy) is 1. The van der Waals surface area contributed by atoms with Crippen molar-refractivity contribution in [3.8, 4) is 28.1 Å². The van der Waals surface area contributed by atoms with Crippen LogP contribution in [0, 0.1) is 5.92 Å². The molecule has 38 heavy (non-hydrogen) atoms. The highest BCUT2D eigenvalue weighted by atomic mass is 19.4. The lowest BCUT2D eigenvalue weighted by molar-refractivity contribution is -0.185. The van der Waals surface area contributed by atoms with Crippen LogP contribution in [0.3, 0.4) is 0 Å². The summed E-state index contributed by atoms with van der Waals surface area (Å²) in [6.45, 7) is 1.40. The van der Waals surface area contributed by atoms with Crippen molar-refractivity contribution in [3.63, 3.8) is 0 Å². The van der Waals surface area contributed by atoms with E-state index < -0.39 is 12.1 Å². The number of alkyl halides is 3. The highest BCUT2D eigenvalue weighted by Gasteiger charge is 2.41. The van der Waals surface area contributed by atoms with E-state index in [1.54, 1.807) is 18.0 Å². The maximum Gasteiger partial charge on any atom is 0.391 e. The highest BCUT2D eigenvalue weighted by Crippen LogP contribution is 2.36. The number of pyridine rings is 2. The summed E-state index contributed by atoms with van der Waals surface area (Å²) in [4.78, 5) is 14.6. The van der Waals surface area contributed by atoms with Crippen molar-refractivity contribution in [2.45, 2.75) is 25.6 Å². The third-order valence-corrected chi connectivity index (χ3v) is 7.40. The number of H-pyrrole nitrogens is 1. The summed E-state index contributed by atoms with van der Waals surface area (Å²) < 4.78 is 46.5. The monoisotopic (exact) mass is 520 g/mol. The summed E-state index contributed by atoms with van der Waals surface area (Å²) >= 11 is 0. The Bertz CT molecular complexity index is 1610. The predicted octanol–water partition coefficient (Wildman–Crippen LogP) is 5.96. The highest BCUT2D eigenvalue weighted by molar-refractivity contribution is 6.07. The van der Waals surface area contributed by atoms with Gasteiger partial charge in [0.05, 0.1) is 36.6 Å². The van der Waals surface area contributed by atoms with E-state index in [0.717, 1.165) is 49.9 Å². The van der Waals surface area contributed by atoms with Crippen LogP contribution in [0.15, 0.2) is 55.1 Å². The Morgan fingerprint density at radius 2 is 1.79 bits per heavy atom. The van der Waals surface area contributed by atoms with Gasteiger partial charge in [-0.05, 0) is 49.7 Å². The zero-order chi connectivity index (χ0) is 26.4. The van der Waals surface area contributed by atoms with E-state index in [4.69, 9.17) is 4.74 Å². The van der Waals surface area contributed by atoms with Crippen molar-refractivity contribution in [2.24, 2.45) is 13.0 Å². The van der Waals surface area contributed by atoms with Gasteiger partial charge < -0.3 is 9.72 Å². The molecule has 0 amide bonds. The second kappa shape index (κ2) is 9.43. The molecule has 0 bridgehead atoms. The lowest BCUT2D eigenvalue weighted by atomic mass is 9.95. The Kier molecular flexibility index (Phi) is 6.06. The van der Waals surface area contributed by atoms with Gasteiger partial charge in [0.1, 0.15) is 11.4 Å². The molecule has 10 heteroatoms. The van der Waals surface area contributed by atoms with Crippen LogP contribution in [0.4, 0.5) is 13.2 Å². The Labute approximate surface area is 217 Å². The SMILES string of the molecule is COc1cc(-c2cnc3[nH]c4cnc(-c5cnn(C)c5)cc4c3c2)ccc1CN1CCC(C(F)(F)F)CC1. The molecule has 4 aromatic heterocycles. The van der Waals surface area contributed by atoms with Crippen LogP contribution in [0.2, 0.25) is 0 Å². The first-order chi connectivity index (χ1) is 18.3. The third kappa shape index (κ3) is 4.60. The van der Waals surface area contributed by atoms with Gasteiger partial charge in [-0.2, -0.15) is 18.3 Å². The van der Waals surface area contributed by atoms with E-state index in [-0.39, 0.29) is 12.8 Å². The Hall–Kier alpha value is -3.92. The van der Waals surface area contributed by atoms with E-state index in [0.29, 0.717) is 25.4 Å². The normalized spacial score (nSPS) is 15.5. The molecule has 5 aromatic rings. The van der Waals surface area contributed by atoms with Crippen LogP contribution in [0.5, 0.6) is 5.75 Å². The Morgan fingerprint density at radius 3 is 2.50 bits per heavy atom. The van der Waals surface area contributed by atoms with Gasteiger partial charge in [-0.25, -0.2) is 4.98 Å².